The van der Waals surface area contributed by atoms with Gasteiger partial charge in [-0.05, 0) is 60.0 Å². The minimum absolute atomic E-state index is 0. The van der Waals surface area contributed by atoms with Crippen LogP contribution in [0.1, 0.15) is 0 Å². The predicted octanol–water partition coefficient (Wildman–Crippen LogP) is 3.28. The van der Waals surface area contributed by atoms with Crippen LogP contribution in [0.2, 0.25) is 0 Å². The van der Waals surface area contributed by atoms with Crippen molar-refractivity contribution in [2.45, 2.75) is 4.90 Å². The largest absolute Gasteiger partial charge is 1.00 e. The number of azo groups is 2. The van der Waals surface area contributed by atoms with Crippen LogP contribution in [0.3, 0.4) is 0 Å². The molecular formula is C22H15LiN4O4S. The van der Waals surface area contributed by atoms with Crippen molar-refractivity contribution in [3.63, 3.8) is 0 Å². The quantitative estimate of drug-likeness (QED) is 0.291. The zero-order chi connectivity index (χ0) is 21.8. The van der Waals surface area contributed by atoms with Crippen molar-refractivity contribution in [2.24, 2.45) is 20.5 Å². The Morgan fingerprint density at radius 1 is 0.656 bits per heavy atom. The first-order valence-corrected chi connectivity index (χ1v) is 10.5. The molecule has 0 unspecified atom stereocenters. The Hall–Kier alpha value is -3.35. The monoisotopic (exact) mass is 438 g/mol. The van der Waals surface area contributed by atoms with Crippen LogP contribution < -0.4 is 18.9 Å². The van der Waals surface area contributed by atoms with Crippen molar-refractivity contribution in [3.05, 3.63) is 84.9 Å². The summed E-state index contributed by atoms with van der Waals surface area (Å²) >= 11 is 0. The number of benzene rings is 4. The molecule has 0 aliphatic carbocycles. The van der Waals surface area contributed by atoms with Crippen LogP contribution in [0.5, 0.6) is 5.75 Å². The maximum Gasteiger partial charge on any atom is 1.00 e. The van der Waals surface area contributed by atoms with Gasteiger partial charge in [0.15, 0.2) is 0 Å². The number of nitrogens with zero attached hydrogens (tertiary/aromatic N) is 4. The fraction of sp³-hybridized carbons (Fsp3) is 0. The molecule has 0 fully saturated rings. The number of fused-ring (bicyclic) bond motifs is 1. The molecule has 4 rings (SSSR count). The molecule has 0 heterocycles. The zero-order valence-corrected chi connectivity index (χ0v) is 17.8. The fourth-order valence-electron chi connectivity index (χ4n) is 2.84. The van der Waals surface area contributed by atoms with E-state index in [1.807, 2.05) is 30.3 Å². The van der Waals surface area contributed by atoms with Crippen LogP contribution in [0.15, 0.2) is 110 Å². The summed E-state index contributed by atoms with van der Waals surface area (Å²) in [7, 11) is -4.49. The molecule has 154 valence electrons. The number of phenolic OH excluding ortho intramolecular Hbond substituents is 1. The Morgan fingerprint density at radius 2 is 1.16 bits per heavy atom. The van der Waals surface area contributed by atoms with Gasteiger partial charge in [-0.2, -0.15) is 15.3 Å². The van der Waals surface area contributed by atoms with Crippen molar-refractivity contribution in [2.75, 3.05) is 0 Å². The van der Waals surface area contributed by atoms with E-state index in [0.29, 0.717) is 22.7 Å². The Labute approximate surface area is 196 Å². The molecule has 4 aromatic rings. The second-order valence-corrected chi connectivity index (χ2v) is 7.90. The summed E-state index contributed by atoms with van der Waals surface area (Å²) in [5, 5.41) is 28.4. The number of hydrogen-bond acceptors (Lipinski definition) is 8. The fourth-order valence-corrected chi connectivity index (χ4v) is 3.31. The van der Waals surface area contributed by atoms with E-state index in [2.05, 4.69) is 20.5 Å². The number of hydrogen-bond donors (Lipinski definition) is 1. The molecule has 0 aliphatic rings. The van der Waals surface area contributed by atoms with E-state index >= 15 is 0 Å². The van der Waals surface area contributed by atoms with Crippen molar-refractivity contribution in [1.82, 2.24) is 0 Å². The average molecular weight is 438 g/mol. The second kappa shape index (κ2) is 9.85. The number of rotatable bonds is 5. The molecule has 10 heteroatoms. The molecule has 8 nitrogen and oxygen atoms in total. The summed E-state index contributed by atoms with van der Waals surface area (Å²) in [6.07, 6.45) is 0. The average Bonchev–Trinajstić information content (AvgIpc) is 2.77. The zero-order valence-electron chi connectivity index (χ0n) is 17.0. The molecule has 1 N–H and O–H groups in total. The molecule has 0 aromatic heterocycles. The summed E-state index contributed by atoms with van der Waals surface area (Å²) in [5.74, 6) is 0.0451. The summed E-state index contributed by atoms with van der Waals surface area (Å²) < 4.78 is 32.8. The molecule has 0 bridgehead atoms. The minimum atomic E-state index is -4.49. The van der Waals surface area contributed by atoms with Gasteiger partial charge in [-0.15, -0.1) is 5.11 Å². The molecule has 0 amide bonds. The first kappa shape index (κ1) is 23.3. The molecular weight excluding hydrogens is 423 g/mol. The van der Waals surface area contributed by atoms with E-state index < -0.39 is 10.1 Å². The Balaban J connectivity index is 0.00000289. The van der Waals surface area contributed by atoms with Gasteiger partial charge < -0.3 is 9.66 Å². The standard InChI is InChI=1S/C22H16N4O4S.Li/c27-21-14-5-15-3-1-2-4-20(15)22(21)26-25-17-8-6-16(7-9-17)23-24-18-10-12-19(13-11-18)31(28,29)30;/h1-14,27H,(H,28,29,30);/q;+1/p-1. The predicted molar refractivity (Wildman–Crippen MR) is 115 cm³/mol. The Morgan fingerprint density at radius 3 is 1.72 bits per heavy atom. The van der Waals surface area contributed by atoms with E-state index in [9.17, 15) is 18.1 Å². The summed E-state index contributed by atoms with van der Waals surface area (Å²) in [6, 6.07) is 22.9. The van der Waals surface area contributed by atoms with Gasteiger partial charge in [0.25, 0.3) is 0 Å². The van der Waals surface area contributed by atoms with Crippen molar-refractivity contribution in [1.29, 1.82) is 0 Å². The first-order valence-electron chi connectivity index (χ1n) is 9.10. The van der Waals surface area contributed by atoms with Gasteiger partial charge in [-0.25, -0.2) is 8.42 Å². The Kier molecular flexibility index (Phi) is 7.18. The van der Waals surface area contributed by atoms with Crippen LogP contribution in [-0.2, 0) is 10.1 Å². The summed E-state index contributed by atoms with van der Waals surface area (Å²) in [6.45, 7) is 0. The van der Waals surface area contributed by atoms with Crippen molar-refractivity contribution < 1.29 is 36.9 Å². The van der Waals surface area contributed by atoms with Gasteiger partial charge in [0.2, 0.25) is 0 Å². The van der Waals surface area contributed by atoms with Crippen LogP contribution in [0.25, 0.3) is 10.8 Å². The van der Waals surface area contributed by atoms with Gasteiger partial charge in [0, 0.05) is 5.39 Å². The normalized spacial score (nSPS) is 11.8. The van der Waals surface area contributed by atoms with Crippen LogP contribution in [-0.4, -0.2) is 18.1 Å². The third kappa shape index (κ3) is 5.46. The van der Waals surface area contributed by atoms with Gasteiger partial charge >= 0.3 is 18.9 Å². The van der Waals surface area contributed by atoms with Crippen LogP contribution >= 0.6 is 0 Å². The van der Waals surface area contributed by atoms with Gasteiger partial charge in [-0.1, -0.05) is 30.3 Å². The van der Waals surface area contributed by atoms with Gasteiger partial charge in [0.1, 0.15) is 21.6 Å². The molecule has 0 aliphatic heterocycles. The van der Waals surface area contributed by atoms with E-state index in [1.165, 1.54) is 24.3 Å². The smallest absolute Gasteiger partial charge is 0.744 e. The second-order valence-electron chi connectivity index (χ2n) is 6.52. The maximum atomic E-state index is 10.9. The Bertz CT molecular complexity index is 1400. The third-order valence-electron chi connectivity index (χ3n) is 4.40. The first-order chi connectivity index (χ1) is 14.9. The molecule has 0 spiro atoms. The van der Waals surface area contributed by atoms with Crippen molar-refractivity contribution in [3.8, 4) is 5.75 Å². The van der Waals surface area contributed by atoms with Gasteiger partial charge in [0.05, 0.1) is 22.0 Å². The minimum Gasteiger partial charge on any atom is -0.744 e. The number of aromatic hydroxyl groups is 1. The third-order valence-corrected chi connectivity index (χ3v) is 5.25. The molecule has 0 saturated heterocycles. The van der Waals surface area contributed by atoms with E-state index in [4.69, 9.17) is 0 Å². The number of phenols is 1. The molecule has 4 aromatic carbocycles. The molecule has 0 atom stereocenters. The molecule has 0 radical (unpaired) electrons. The molecule has 32 heavy (non-hydrogen) atoms. The summed E-state index contributed by atoms with van der Waals surface area (Å²) in [4.78, 5) is -0.321. The van der Waals surface area contributed by atoms with E-state index in [-0.39, 0.29) is 29.5 Å². The van der Waals surface area contributed by atoms with E-state index in [1.54, 1.807) is 30.3 Å². The van der Waals surface area contributed by atoms with Crippen molar-refractivity contribution >= 4 is 43.6 Å². The summed E-state index contributed by atoms with van der Waals surface area (Å²) in [5.41, 5.74) is 1.91. The van der Waals surface area contributed by atoms with E-state index in [0.717, 1.165) is 10.8 Å². The van der Waals surface area contributed by atoms with Crippen LogP contribution in [0.4, 0.5) is 22.7 Å². The molecule has 0 saturated carbocycles. The van der Waals surface area contributed by atoms with Gasteiger partial charge in [-0.3, -0.25) is 0 Å². The maximum absolute atomic E-state index is 10.9. The SMILES string of the molecule is O=S(=O)([O-])c1ccc(N=Nc2ccc(N=Nc3c(O)ccc4ccccc34)cc2)cc1.[Li+]. The topological polar surface area (TPSA) is 127 Å². The van der Waals surface area contributed by atoms with Crippen LogP contribution in [0, 0.1) is 0 Å².